The SMILES string of the molecule is c1ccc2c(c1)cnc1c([O][Al][O]c3cccc4c5ccccc5c[n+](Oc5cccc6c5ncc5ccccc56)c34)cccc12. The highest BCUT2D eigenvalue weighted by molar-refractivity contribution is 6.22. The lowest BCUT2D eigenvalue weighted by Crippen LogP contribution is -2.40. The number of benzene rings is 6. The Labute approximate surface area is 270 Å². The second-order valence-electron chi connectivity index (χ2n) is 11.1. The summed E-state index contributed by atoms with van der Waals surface area (Å²) in [5.74, 6) is 2.01. The van der Waals surface area contributed by atoms with E-state index in [9.17, 15) is 0 Å². The molecule has 0 saturated carbocycles. The van der Waals surface area contributed by atoms with E-state index in [0.717, 1.165) is 65.0 Å². The molecule has 0 amide bonds. The quantitative estimate of drug-likeness (QED) is 0.107. The maximum Gasteiger partial charge on any atom is 0.882 e. The van der Waals surface area contributed by atoms with Crippen molar-refractivity contribution in [2.24, 2.45) is 0 Å². The van der Waals surface area contributed by atoms with E-state index in [1.54, 1.807) is 4.73 Å². The first-order valence-electron chi connectivity index (χ1n) is 15.0. The van der Waals surface area contributed by atoms with Crippen molar-refractivity contribution in [1.82, 2.24) is 9.97 Å². The molecule has 0 aliphatic heterocycles. The fourth-order valence-electron chi connectivity index (χ4n) is 6.31. The first kappa shape index (κ1) is 26.6. The maximum absolute atomic E-state index is 6.70. The summed E-state index contributed by atoms with van der Waals surface area (Å²) in [6, 6.07) is 42.9. The summed E-state index contributed by atoms with van der Waals surface area (Å²) in [6.45, 7) is 0. The van der Waals surface area contributed by atoms with Gasteiger partial charge in [-0.05, 0) is 41.1 Å². The lowest BCUT2D eigenvalue weighted by molar-refractivity contribution is -0.853. The van der Waals surface area contributed by atoms with Gasteiger partial charge in [0.05, 0.1) is 10.8 Å². The van der Waals surface area contributed by atoms with Crippen molar-refractivity contribution >= 4 is 80.9 Å². The summed E-state index contributed by atoms with van der Waals surface area (Å²) in [7, 11) is 0. The van der Waals surface area contributed by atoms with E-state index in [0.29, 0.717) is 17.2 Å². The standard InChI is InChI=1S/C26H16N2O2.C13H9NO.Al/c29-23-13-5-12-22-20-10-4-2-8-18(20)16-28(26(22)23)30-24-14-6-11-21-19-9-3-1-7-17(19)15-27-25(21)24;15-12-7-3-6-11-10-5-2-1-4-9(10)8-14-13(11)12;/h1-16H;1-8,15H;/q;;+2/p-1. The van der Waals surface area contributed by atoms with Crippen molar-refractivity contribution < 1.29 is 17.1 Å². The van der Waals surface area contributed by atoms with Crippen LogP contribution >= 0.6 is 0 Å². The van der Waals surface area contributed by atoms with E-state index in [1.807, 2.05) is 91.4 Å². The van der Waals surface area contributed by atoms with Crippen LogP contribution in [0.4, 0.5) is 0 Å². The summed E-state index contributed by atoms with van der Waals surface area (Å²) in [5, 5.41) is 9.70. The van der Waals surface area contributed by atoms with Crippen LogP contribution in [-0.4, -0.2) is 25.9 Å². The maximum atomic E-state index is 6.70. The Kier molecular flexibility index (Phi) is 6.38. The minimum Gasteiger partial charge on any atom is -0.614 e. The van der Waals surface area contributed by atoms with E-state index in [2.05, 4.69) is 54.6 Å². The van der Waals surface area contributed by atoms with Crippen LogP contribution in [0.15, 0.2) is 146 Å². The van der Waals surface area contributed by atoms with E-state index in [-0.39, 0.29) is 0 Å². The molecule has 0 saturated heterocycles. The molecule has 6 nitrogen and oxygen atoms in total. The molecule has 0 aliphatic carbocycles. The fraction of sp³-hybridized carbons (Fsp3) is 0. The third-order valence-corrected chi connectivity index (χ3v) is 9.14. The second kappa shape index (κ2) is 11.0. The molecular weight excluding hydrogens is 585 g/mol. The molecule has 46 heavy (non-hydrogen) atoms. The zero-order valence-corrected chi connectivity index (χ0v) is 25.7. The van der Waals surface area contributed by atoms with E-state index in [4.69, 9.17) is 22.4 Å². The Balaban J connectivity index is 1.12. The number of hydrogen-bond acceptors (Lipinski definition) is 5. The van der Waals surface area contributed by atoms with Gasteiger partial charge < -0.3 is 7.58 Å². The average molecular weight is 610 g/mol. The highest BCUT2D eigenvalue weighted by atomic mass is 27.2. The third kappa shape index (κ3) is 4.45. The largest absolute Gasteiger partial charge is 0.882 e. The summed E-state index contributed by atoms with van der Waals surface area (Å²) in [4.78, 5) is 16.2. The molecule has 6 aromatic carbocycles. The van der Waals surface area contributed by atoms with Crippen LogP contribution in [0.1, 0.15) is 0 Å². The van der Waals surface area contributed by atoms with Crippen molar-refractivity contribution in [3.8, 4) is 17.2 Å². The van der Waals surface area contributed by atoms with Crippen LogP contribution in [0.5, 0.6) is 17.2 Å². The van der Waals surface area contributed by atoms with Crippen molar-refractivity contribution in [3.05, 3.63) is 146 Å². The van der Waals surface area contributed by atoms with Gasteiger partial charge in [0.2, 0.25) is 11.9 Å². The predicted octanol–water partition coefficient (Wildman–Crippen LogP) is 8.52. The molecule has 0 fully saturated rings. The van der Waals surface area contributed by atoms with Gasteiger partial charge in [0.25, 0.3) is 0 Å². The van der Waals surface area contributed by atoms with Gasteiger partial charge in [-0.1, -0.05) is 97.1 Å². The Morgan fingerprint density at radius 2 is 0.913 bits per heavy atom. The van der Waals surface area contributed by atoms with Crippen LogP contribution in [0.3, 0.4) is 0 Å². The summed E-state index contributed by atoms with van der Waals surface area (Å²) < 4.78 is 14.5. The van der Waals surface area contributed by atoms with Gasteiger partial charge in [0.1, 0.15) is 16.8 Å². The van der Waals surface area contributed by atoms with E-state index >= 15 is 0 Å². The van der Waals surface area contributed by atoms with Crippen molar-refractivity contribution in [1.29, 1.82) is 0 Å². The monoisotopic (exact) mass is 609 g/mol. The van der Waals surface area contributed by atoms with Gasteiger partial charge in [-0.2, -0.15) is 0 Å². The summed E-state index contributed by atoms with van der Waals surface area (Å²) in [5.41, 5.74) is 2.41. The topological polar surface area (TPSA) is 57.4 Å². The average Bonchev–Trinajstić information content (AvgIpc) is 3.11. The van der Waals surface area contributed by atoms with Crippen LogP contribution in [0, 0.1) is 0 Å². The Hall–Kier alpha value is -5.74. The Bertz CT molecular complexity index is 2620. The molecule has 215 valence electrons. The zero-order chi connectivity index (χ0) is 30.5. The first-order chi connectivity index (χ1) is 22.8. The molecule has 0 aliphatic rings. The van der Waals surface area contributed by atoms with Gasteiger partial charge in [-0.25, -0.2) is 4.84 Å². The first-order valence-corrected chi connectivity index (χ1v) is 16.0. The normalized spacial score (nSPS) is 11.5. The molecule has 9 rings (SSSR count). The molecule has 0 spiro atoms. The van der Waals surface area contributed by atoms with Gasteiger partial charge in [-0.15, -0.1) is 0 Å². The molecule has 0 bridgehead atoms. The van der Waals surface area contributed by atoms with Crippen molar-refractivity contribution in [2.45, 2.75) is 0 Å². The van der Waals surface area contributed by atoms with Crippen molar-refractivity contribution in [3.63, 3.8) is 0 Å². The molecule has 0 N–H and O–H groups in total. The number of para-hydroxylation sites is 3. The number of hydrogen-bond donors (Lipinski definition) is 0. The van der Waals surface area contributed by atoms with Crippen LogP contribution in [0.25, 0.3) is 65.0 Å². The van der Waals surface area contributed by atoms with E-state index < -0.39 is 15.9 Å². The number of nitrogens with zero attached hydrogens (tertiary/aromatic N) is 3. The molecule has 9 aromatic rings. The third-order valence-electron chi connectivity index (χ3n) is 8.44. The lowest BCUT2D eigenvalue weighted by Gasteiger charge is -2.13. The Morgan fingerprint density at radius 1 is 0.435 bits per heavy atom. The number of pyridine rings is 3. The highest BCUT2D eigenvalue weighted by Crippen LogP contribution is 2.33. The fourth-order valence-corrected chi connectivity index (χ4v) is 6.94. The van der Waals surface area contributed by atoms with Crippen LogP contribution in [-0.2, 0) is 0 Å². The lowest BCUT2D eigenvalue weighted by atomic mass is 10.1. The molecule has 7 heteroatoms. The van der Waals surface area contributed by atoms with Gasteiger partial charge in [0.15, 0.2) is 5.75 Å². The van der Waals surface area contributed by atoms with Crippen LogP contribution in [0.2, 0.25) is 0 Å². The number of aromatic nitrogens is 3. The molecule has 1 radical (unpaired) electrons. The zero-order valence-electron chi connectivity index (χ0n) is 24.5. The molecule has 0 atom stereocenters. The van der Waals surface area contributed by atoms with E-state index in [1.165, 1.54) is 0 Å². The molecule has 3 aromatic heterocycles. The minimum atomic E-state index is -0.923. The molecule has 3 heterocycles. The predicted molar refractivity (Wildman–Crippen MR) is 183 cm³/mol. The van der Waals surface area contributed by atoms with Gasteiger partial charge in [-0.3, -0.25) is 9.97 Å². The molecular formula is C39H24AlN3O3+. The molecule has 0 unspecified atom stereocenters. The Morgan fingerprint density at radius 3 is 1.59 bits per heavy atom. The second-order valence-corrected chi connectivity index (χ2v) is 11.8. The summed E-state index contributed by atoms with van der Waals surface area (Å²) >= 11 is -0.923. The smallest absolute Gasteiger partial charge is 0.614 e. The van der Waals surface area contributed by atoms with Gasteiger partial charge in [0, 0.05) is 44.1 Å². The van der Waals surface area contributed by atoms with Gasteiger partial charge >= 0.3 is 21.4 Å². The summed E-state index contributed by atoms with van der Waals surface area (Å²) in [6.07, 6.45) is 5.79. The highest BCUT2D eigenvalue weighted by Gasteiger charge is 2.24. The number of fused-ring (bicyclic) bond motifs is 9. The minimum absolute atomic E-state index is 0.650. The number of rotatable bonds is 6. The van der Waals surface area contributed by atoms with Crippen molar-refractivity contribution in [2.75, 3.05) is 0 Å². The van der Waals surface area contributed by atoms with Crippen LogP contribution < -0.4 is 17.1 Å².